The SMILES string of the molecule is Cc1nc([N+](=O)[O-])c(NCC[S@](=O)C(C)(C)C)n1C. The Bertz CT molecular complexity index is 505. The van der Waals surface area contributed by atoms with Crippen molar-refractivity contribution in [3.05, 3.63) is 15.9 Å². The number of aryl methyl sites for hydroxylation is 1. The Kier molecular flexibility index (Phi) is 4.67. The molecule has 0 amide bonds. The van der Waals surface area contributed by atoms with Crippen LogP contribution in [0.2, 0.25) is 0 Å². The number of rotatable bonds is 5. The maximum atomic E-state index is 11.9. The van der Waals surface area contributed by atoms with Gasteiger partial charge in [0, 0.05) is 41.8 Å². The lowest BCUT2D eigenvalue weighted by molar-refractivity contribution is -0.388. The normalized spacial score (nSPS) is 13.3. The molecule has 1 N–H and O–H groups in total. The highest BCUT2D eigenvalue weighted by atomic mass is 32.2. The Balaban J connectivity index is 2.74. The zero-order chi connectivity index (χ0) is 14.8. The predicted molar refractivity (Wildman–Crippen MR) is 75.9 cm³/mol. The molecule has 0 aliphatic carbocycles. The van der Waals surface area contributed by atoms with Crippen LogP contribution in [0.15, 0.2) is 0 Å². The van der Waals surface area contributed by atoms with Crippen LogP contribution in [0.4, 0.5) is 11.6 Å². The molecule has 0 bridgehead atoms. The van der Waals surface area contributed by atoms with E-state index in [1.165, 1.54) is 0 Å². The van der Waals surface area contributed by atoms with E-state index in [1.807, 2.05) is 20.8 Å². The van der Waals surface area contributed by atoms with Gasteiger partial charge in [-0.2, -0.15) is 0 Å². The van der Waals surface area contributed by atoms with Crippen molar-refractivity contribution in [2.75, 3.05) is 17.6 Å². The second kappa shape index (κ2) is 5.68. The van der Waals surface area contributed by atoms with Gasteiger partial charge in [-0.3, -0.25) is 8.78 Å². The number of nitro groups is 1. The summed E-state index contributed by atoms with van der Waals surface area (Å²) in [7, 11) is 0.717. The molecule has 0 saturated heterocycles. The summed E-state index contributed by atoms with van der Waals surface area (Å²) in [6.07, 6.45) is 0. The number of anilines is 1. The molecule has 0 aliphatic heterocycles. The van der Waals surface area contributed by atoms with E-state index >= 15 is 0 Å². The van der Waals surface area contributed by atoms with Crippen LogP contribution in [0.3, 0.4) is 0 Å². The van der Waals surface area contributed by atoms with Gasteiger partial charge in [0.1, 0.15) is 0 Å². The van der Waals surface area contributed by atoms with Crippen molar-refractivity contribution < 1.29 is 9.13 Å². The van der Waals surface area contributed by atoms with Gasteiger partial charge in [0.2, 0.25) is 11.6 Å². The molecule has 1 rings (SSSR count). The molecule has 0 aromatic carbocycles. The van der Waals surface area contributed by atoms with Gasteiger partial charge < -0.3 is 15.4 Å². The van der Waals surface area contributed by atoms with E-state index in [2.05, 4.69) is 10.3 Å². The third kappa shape index (κ3) is 3.76. The summed E-state index contributed by atoms with van der Waals surface area (Å²) in [6, 6.07) is 0. The predicted octanol–water partition coefficient (Wildman–Crippen LogP) is 1.60. The molecule has 0 radical (unpaired) electrons. The molecule has 1 aromatic heterocycles. The van der Waals surface area contributed by atoms with Crippen LogP contribution in [0.25, 0.3) is 0 Å². The summed E-state index contributed by atoms with van der Waals surface area (Å²) in [6.45, 7) is 7.81. The van der Waals surface area contributed by atoms with E-state index in [-0.39, 0.29) is 10.6 Å². The standard InChI is InChI=1S/C11H20N4O3S/c1-8-13-10(15(16)17)9(14(8)5)12-6-7-19(18)11(2,3)4/h12H,6-7H2,1-5H3/t19-/m0/s1. The summed E-state index contributed by atoms with van der Waals surface area (Å²) >= 11 is 0. The van der Waals surface area contributed by atoms with Crippen LogP contribution in [0.5, 0.6) is 0 Å². The first-order valence-electron chi connectivity index (χ1n) is 5.94. The molecule has 0 fully saturated rings. The smallest absolute Gasteiger partial charge is 0.363 e. The molecule has 108 valence electrons. The van der Waals surface area contributed by atoms with Crippen molar-refractivity contribution in [2.45, 2.75) is 32.4 Å². The topological polar surface area (TPSA) is 90.1 Å². The van der Waals surface area contributed by atoms with Crippen LogP contribution in [0, 0.1) is 17.0 Å². The van der Waals surface area contributed by atoms with Gasteiger partial charge in [0.25, 0.3) is 0 Å². The molecule has 0 aliphatic rings. The lowest BCUT2D eigenvalue weighted by Gasteiger charge is -2.17. The largest absolute Gasteiger partial charge is 0.406 e. The summed E-state index contributed by atoms with van der Waals surface area (Å²) in [5, 5.41) is 13.8. The number of hydrogen-bond donors (Lipinski definition) is 1. The molecular weight excluding hydrogens is 268 g/mol. The summed E-state index contributed by atoms with van der Waals surface area (Å²) < 4.78 is 13.2. The lowest BCUT2D eigenvalue weighted by Crippen LogP contribution is -2.27. The van der Waals surface area contributed by atoms with Crippen molar-refractivity contribution in [3.63, 3.8) is 0 Å². The average molecular weight is 288 g/mol. The van der Waals surface area contributed by atoms with Crippen molar-refractivity contribution in [2.24, 2.45) is 7.05 Å². The molecule has 1 atom stereocenters. The number of imidazole rings is 1. The summed E-state index contributed by atoms with van der Waals surface area (Å²) in [5.41, 5.74) is 0. The minimum atomic E-state index is -0.990. The number of nitrogens with zero attached hydrogens (tertiary/aromatic N) is 3. The van der Waals surface area contributed by atoms with E-state index < -0.39 is 15.7 Å². The molecule has 1 aromatic rings. The Morgan fingerprint density at radius 1 is 1.47 bits per heavy atom. The van der Waals surface area contributed by atoms with Gasteiger partial charge in [-0.1, -0.05) is 0 Å². The first-order valence-corrected chi connectivity index (χ1v) is 7.26. The zero-order valence-corrected chi connectivity index (χ0v) is 12.7. The highest BCUT2D eigenvalue weighted by molar-refractivity contribution is 7.86. The quantitative estimate of drug-likeness (QED) is 0.656. The molecule has 0 unspecified atom stereocenters. The fourth-order valence-corrected chi connectivity index (χ4v) is 2.39. The van der Waals surface area contributed by atoms with Crippen LogP contribution in [0.1, 0.15) is 26.6 Å². The van der Waals surface area contributed by atoms with E-state index in [9.17, 15) is 14.3 Å². The van der Waals surface area contributed by atoms with Crippen molar-refractivity contribution in [1.82, 2.24) is 9.55 Å². The first-order chi connectivity index (χ1) is 8.64. The van der Waals surface area contributed by atoms with Gasteiger partial charge in [-0.25, -0.2) is 0 Å². The van der Waals surface area contributed by atoms with Crippen LogP contribution in [-0.4, -0.2) is 35.7 Å². The van der Waals surface area contributed by atoms with Crippen LogP contribution >= 0.6 is 0 Å². The summed E-state index contributed by atoms with van der Waals surface area (Å²) in [5.74, 6) is 1.16. The van der Waals surface area contributed by atoms with E-state index in [0.29, 0.717) is 23.9 Å². The molecule has 0 saturated carbocycles. The monoisotopic (exact) mass is 288 g/mol. The maximum absolute atomic E-state index is 11.9. The fraction of sp³-hybridized carbons (Fsp3) is 0.727. The highest BCUT2D eigenvalue weighted by Crippen LogP contribution is 2.23. The fourth-order valence-electron chi connectivity index (χ4n) is 1.49. The lowest BCUT2D eigenvalue weighted by atomic mass is 10.3. The molecule has 8 heteroatoms. The van der Waals surface area contributed by atoms with E-state index in [1.54, 1.807) is 18.5 Å². The number of aromatic nitrogens is 2. The highest BCUT2D eigenvalue weighted by Gasteiger charge is 2.24. The first kappa shape index (κ1) is 15.6. The molecule has 1 heterocycles. The van der Waals surface area contributed by atoms with Crippen molar-refractivity contribution in [1.29, 1.82) is 0 Å². The molecule has 19 heavy (non-hydrogen) atoms. The van der Waals surface area contributed by atoms with Gasteiger partial charge in [-0.05, 0) is 30.7 Å². The van der Waals surface area contributed by atoms with E-state index in [4.69, 9.17) is 0 Å². The number of nitrogens with one attached hydrogen (secondary N) is 1. The zero-order valence-electron chi connectivity index (χ0n) is 11.9. The Hall–Kier alpha value is -1.44. The third-order valence-electron chi connectivity index (χ3n) is 2.74. The minimum Gasteiger partial charge on any atom is -0.363 e. The van der Waals surface area contributed by atoms with Crippen LogP contribution < -0.4 is 5.32 Å². The van der Waals surface area contributed by atoms with Crippen molar-refractivity contribution >= 4 is 22.4 Å². The Labute approximate surface area is 115 Å². The molecule has 7 nitrogen and oxygen atoms in total. The maximum Gasteiger partial charge on any atom is 0.406 e. The van der Waals surface area contributed by atoms with Gasteiger partial charge in [0.15, 0.2) is 0 Å². The van der Waals surface area contributed by atoms with Gasteiger partial charge in [-0.15, -0.1) is 0 Å². The van der Waals surface area contributed by atoms with Crippen molar-refractivity contribution in [3.8, 4) is 0 Å². The average Bonchev–Trinajstić information content (AvgIpc) is 2.55. The summed E-state index contributed by atoms with van der Waals surface area (Å²) in [4.78, 5) is 14.2. The minimum absolute atomic E-state index is 0.193. The molecule has 0 spiro atoms. The van der Waals surface area contributed by atoms with E-state index in [0.717, 1.165) is 0 Å². The number of hydrogen-bond acceptors (Lipinski definition) is 5. The van der Waals surface area contributed by atoms with Gasteiger partial charge >= 0.3 is 5.82 Å². The Morgan fingerprint density at radius 2 is 2.05 bits per heavy atom. The molecular formula is C11H20N4O3S. The second-order valence-electron chi connectivity index (χ2n) is 5.24. The Morgan fingerprint density at radius 3 is 2.53 bits per heavy atom. The second-order valence-corrected chi connectivity index (χ2v) is 7.56. The van der Waals surface area contributed by atoms with Crippen LogP contribution in [-0.2, 0) is 17.8 Å². The third-order valence-corrected chi connectivity index (χ3v) is 4.68. The van der Waals surface area contributed by atoms with Gasteiger partial charge in [0.05, 0.1) is 0 Å².